The largest absolute Gasteiger partial charge is 0.0870 e. The second-order valence-corrected chi connectivity index (χ2v) is 3.52. The summed E-state index contributed by atoms with van der Waals surface area (Å²) in [4.78, 5) is 0. The van der Waals surface area contributed by atoms with Gasteiger partial charge >= 0.3 is 0 Å². The van der Waals surface area contributed by atoms with E-state index in [9.17, 15) is 0 Å². The number of fused-ring (bicyclic) bond motifs is 1. The van der Waals surface area contributed by atoms with E-state index in [1.54, 1.807) is 0 Å². The summed E-state index contributed by atoms with van der Waals surface area (Å²) < 4.78 is 0. The maximum Gasteiger partial charge on any atom is -0.0109 e. The number of aryl methyl sites for hydroxylation is 1. The zero-order chi connectivity index (χ0) is 9.97. The van der Waals surface area contributed by atoms with Crippen LogP contribution < -0.4 is 0 Å². The Balaban J connectivity index is 2.81. The lowest BCUT2D eigenvalue weighted by Gasteiger charge is -2.04. The summed E-state index contributed by atoms with van der Waals surface area (Å²) in [5.41, 5.74) is 2.64. The van der Waals surface area contributed by atoms with Gasteiger partial charge in [0.25, 0.3) is 0 Å². The van der Waals surface area contributed by atoms with Crippen LogP contribution >= 0.6 is 0 Å². The molecule has 0 heterocycles. The fraction of sp³-hybridized carbons (Fsp3) is 0.143. The van der Waals surface area contributed by atoms with E-state index in [4.69, 9.17) is 0 Å². The summed E-state index contributed by atoms with van der Waals surface area (Å²) in [6.45, 7) is 4.20. The van der Waals surface area contributed by atoms with E-state index in [1.165, 1.54) is 21.9 Å². The van der Waals surface area contributed by atoms with Crippen molar-refractivity contribution in [3.63, 3.8) is 0 Å². The minimum absolute atomic E-state index is 1.30. The average Bonchev–Trinajstić information content (AvgIpc) is 2.23. The Morgan fingerprint density at radius 1 is 0.929 bits per heavy atom. The molecule has 0 aliphatic heterocycles. The number of hydrogen-bond acceptors (Lipinski definition) is 0. The van der Waals surface area contributed by atoms with Gasteiger partial charge in [0, 0.05) is 0 Å². The van der Waals surface area contributed by atoms with Gasteiger partial charge in [-0.05, 0) is 35.7 Å². The molecule has 0 heteroatoms. The van der Waals surface area contributed by atoms with Crippen LogP contribution in [-0.2, 0) is 0 Å². The molecule has 0 spiro atoms. The van der Waals surface area contributed by atoms with Crippen molar-refractivity contribution in [2.75, 3.05) is 0 Å². The van der Waals surface area contributed by atoms with Crippen LogP contribution in [0.5, 0.6) is 0 Å². The van der Waals surface area contributed by atoms with E-state index in [-0.39, 0.29) is 0 Å². The Morgan fingerprint density at radius 3 is 2.36 bits per heavy atom. The summed E-state index contributed by atoms with van der Waals surface area (Å²) in [7, 11) is 0. The molecule has 0 aliphatic carbocycles. The minimum Gasteiger partial charge on any atom is -0.0870 e. The summed E-state index contributed by atoms with van der Waals surface area (Å²) in [6, 6.07) is 12.9. The van der Waals surface area contributed by atoms with Crippen molar-refractivity contribution in [3.05, 3.63) is 53.6 Å². The molecule has 14 heavy (non-hydrogen) atoms. The molecule has 70 valence electrons. The van der Waals surface area contributed by atoms with Crippen molar-refractivity contribution < 1.29 is 0 Å². The van der Waals surface area contributed by atoms with E-state index in [0.29, 0.717) is 0 Å². The van der Waals surface area contributed by atoms with Crippen molar-refractivity contribution in [3.8, 4) is 0 Å². The molecule has 2 rings (SSSR count). The fourth-order valence-corrected chi connectivity index (χ4v) is 1.80. The molecule has 0 nitrogen and oxygen atoms in total. The van der Waals surface area contributed by atoms with Gasteiger partial charge in [0.15, 0.2) is 0 Å². The fourth-order valence-electron chi connectivity index (χ4n) is 1.80. The van der Waals surface area contributed by atoms with Crippen LogP contribution in [0.3, 0.4) is 0 Å². The first kappa shape index (κ1) is 9.01. The Bertz CT molecular complexity index is 478. The monoisotopic (exact) mass is 182 g/mol. The summed E-state index contributed by atoms with van der Waals surface area (Å²) in [6.07, 6.45) is 4.23. The first-order valence-electron chi connectivity index (χ1n) is 4.94. The third-order valence-electron chi connectivity index (χ3n) is 2.52. The molecule has 2 aromatic rings. The number of allylic oxidation sites excluding steroid dienone is 1. The molecular weight excluding hydrogens is 168 g/mol. The third kappa shape index (κ3) is 1.44. The molecule has 0 fully saturated rings. The number of benzene rings is 2. The summed E-state index contributed by atoms with van der Waals surface area (Å²) in [5.74, 6) is 0. The van der Waals surface area contributed by atoms with E-state index in [0.717, 1.165) is 0 Å². The molecule has 0 amide bonds. The van der Waals surface area contributed by atoms with Gasteiger partial charge in [-0.3, -0.25) is 0 Å². The molecule has 0 aliphatic rings. The molecule has 0 aromatic heterocycles. The highest BCUT2D eigenvalue weighted by Gasteiger charge is 1.99. The normalized spacial score (nSPS) is 11.3. The lowest BCUT2D eigenvalue weighted by molar-refractivity contribution is 1.52. The molecule has 0 unspecified atom stereocenters. The first-order valence-corrected chi connectivity index (χ1v) is 4.94. The predicted molar refractivity (Wildman–Crippen MR) is 63.4 cm³/mol. The SMILES string of the molecule is CC=Cc1ccc(C)c2ccccc12. The van der Waals surface area contributed by atoms with E-state index < -0.39 is 0 Å². The predicted octanol–water partition coefficient (Wildman–Crippen LogP) is 4.18. The molecule has 0 N–H and O–H groups in total. The van der Waals surface area contributed by atoms with Gasteiger partial charge in [-0.2, -0.15) is 0 Å². The van der Waals surface area contributed by atoms with Gasteiger partial charge in [-0.25, -0.2) is 0 Å². The van der Waals surface area contributed by atoms with Crippen molar-refractivity contribution in [2.24, 2.45) is 0 Å². The van der Waals surface area contributed by atoms with Crippen molar-refractivity contribution >= 4 is 16.8 Å². The smallest absolute Gasteiger partial charge is 0.0109 e. The lowest BCUT2D eigenvalue weighted by atomic mass is 10.0. The van der Waals surface area contributed by atoms with E-state index >= 15 is 0 Å². The summed E-state index contributed by atoms with van der Waals surface area (Å²) in [5, 5.41) is 2.69. The van der Waals surface area contributed by atoms with Gasteiger partial charge in [0.1, 0.15) is 0 Å². The van der Waals surface area contributed by atoms with E-state index in [2.05, 4.69) is 62.4 Å². The van der Waals surface area contributed by atoms with Crippen LogP contribution in [0, 0.1) is 6.92 Å². The van der Waals surface area contributed by atoms with Crippen LogP contribution in [0.2, 0.25) is 0 Å². The van der Waals surface area contributed by atoms with E-state index in [1.807, 2.05) is 0 Å². The highest BCUT2D eigenvalue weighted by molar-refractivity contribution is 5.92. The van der Waals surface area contributed by atoms with Crippen LogP contribution in [-0.4, -0.2) is 0 Å². The lowest BCUT2D eigenvalue weighted by Crippen LogP contribution is -1.81. The Labute approximate surface area is 84.9 Å². The van der Waals surface area contributed by atoms with Crippen molar-refractivity contribution in [2.45, 2.75) is 13.8 Å². The molecule has 0 atom stereocenters. The molecular formula is C14H14. The third-order valence-corrected chi connectivity index (χ3v) is 2.52. The highest BCUT2D eigenvalue weighted by atomic mass is 14.0. The maximum atomic E-state index is 2.18. The van der Waals surface area contributed by atoms with Crippen molar-refractivity contribution in [1.29, 1.82) is 0 Å². The van der Waals surface area contributed by atoms with Gasteiger partial charge in [0.05, 0.1) is 0 Å². The average molecular weight is 182 g/mol. The second kappa shape index (κ2) is 3.67. The number of hydrogen-bond donors (Lipinski definition) is 0. The Kier molecular flexibility index (Phi) is 2.36. The summed E-state index contributed by atoms with van der Waals surface area (Å²) >= 11 is 0. The first-order chi connectivity index (χ1) is 6.83. The zero-order valence-corrected chi connectivity index (χ0v) is 8.62. The molecule has 0 saturated heterocycles. The van der Waals surface area contributed by atoms with Crippen LogP contribution in [0.4, 0.5) is 0 Å². The van der Waals surface area contributed by atoms with Crippen molar-refractivity contribution in [1.82, 2.24) is 0 Å². The Hall–Kier alpha value is -1.56. The topological polar surface area (TPSA) is 0 Å². The highest BCUT2D eigenvalue weighted by Crippen LogP contribution is 2.23. The maximum absolute atomic E-state index is 2.18. The molecule has 2 aromatic carbocycles. The van der Waals surface area contributed by atoms with Crippen LogP contribution in [0.15, 0.2) is 42.5 Å². The van der Waals surface area contributed by atoms with Crippen LogP contribution in [0.25, 0.3) is 16.8 Å². The van der Waals surface area contributed by atoms with Gasteiger partial charge in [-0.1, -0.05) is 48.6 Å². The zero-order valence-electron chi connectivity index (χ0n) is 8.62. The molecule has 0 saturated carbocycles. The minimum atomic E-state index is 1.30. The number of rotatable bonds is 1. The van der Waals surface area contributed by atoms with Gasteiger partial charge in [0.2, 0.25) is 0 Å². The van der Waals surface area contributed by atoms with Gasteiger partial charge in [-0.15, -0.1) is 0 Å². The van der Waals surface area contributed by atoms with Gasteiger partial charge < -0.3 is 0 Å². The second-order valence-electron chi connectivity index (χ2n) is 3.52. The Morgan fingerprint density at radius 2 is 1.64 bits per heavy atom. The quantitative estimate of drug-likeness (QED) is 0.620. The molecule has 0 bridgehead atoms. The standard InChI is InChI=1S/C14H14/c1-3-6-12-10-9-11(2)13-7-4-5-8-14(12)13/h3-10H,1-2H3. The van der Waals surface area contributed by atoms with Crippen LogP contribution in [0.1, 0.15) is 18.1 Å². The molecule has 0 radical (unpaired) electrons.